The van der Waals surface area contributed by atoms with Crippen LogP contribution in [0.1, 0.15) is 185 Å². The third-order valence-corrected chi connectivity index (χ3v) is 9.43. The minimum Gasteiger partial charge on any atom is -0.481 e. The SMILES string of the molecule is CCCCCCCOC(C)(OCCC)C(OCCC)(OCCC)N([C@@H](CCC(=O)O)C(=O)O)C(OCCC)(OCCC)C(C)(OCCC)OCCCCCCC. The van der Waals surface area contributed by atoms with Crippen molar-refractivity contribution in [2.24, 2.45) is 0 Å². The lowest BCUT2D eigenvalue weighted by atomic mass is 9.99. The summed E-state index contributed by atoms with van der Waals surface area (Å²) in [6.45, 7) is 20.8. The summed E-state index contributed by atoms with van der Waals surface area (Å²) < 4.78 is 54.9. The number of carboxylic acid groups (broad SMARTS) is 2. The number of ether oxygens (including phenoxy) is 8. The monoisotopic (exact) mass is 808 g/mol. The highest BCUT2D eigenvalue weighted by Gasteiger charge is 2.72. The Morgan fingerprint density at radius 3 is 1.04 bits per heavy atom. The molecule has 13 nitrogen and oxygen atoms in total. The molecular formula is C43H85NO12. The molecule has 0 saturated carbocycles. The number of nitrogens with zero attached hydrogens (tertiary/aromatic N) is 1. The van der Waals surface area contributed by atoms with Crippen molar-refractivity contribution >= 4 is 11.9 Å². The fraction of sp³-hybridized carbons (Fsp3) is 0.953. The fourth-order valence-electron chi connectivity index (χ4n) is 6.50. The second kappa shape index (κ2) is 31.5. The van der Waals surface area contributed by atoms with Gasteiger partial charge in [0.1, 0.15) is 6.04 Å². The number of carbonyl (C=O) groups is 2. The van der Waals surface area contributed by atoms with Crippen molar-refractivity contribution in [2.45, 2.75) is 214 Å². The number of hydrogen-bond acceptors (Lipinski definition) is 11. The number of unbranched alkanes of at least 4 members (excludes halogenated alkanes) is 8. The molecule has 0 fully saturated rings. The molecule has 3 atom stereocenters. The molecule has 56 heavy (non-hydrogen) atoms. The molecule has 0 aliphatic heterocycles. The van der Waals surface area contributed by atoms with Gasteiger partial charge < -0.3 is 48.1 Å². The molecule has 0 aromatic heterocycles. The van der Waals surface area contributed by atoms with E-state index in [0.29, 0.717) is 51.4 Å². The van der Waals surface area contributed by atoms with Gasteiger partial charge in [-0.2, -0.15) is 4.90 Å². The van der Waals surface area contributed by atoms with E-state index in [2.05, 4.69) is 13.8 Å². The summed E-state index contributed by atoms with van der Waals surface area (Å²) in [5, 5.41) is 21.4. The average molecular weight is 808 g/mol. The van der Waals surface area contributed by atoms with Crippen molar-refractivity contribution in [1.29, 1.82) is 0 Å². The van der Waals surface area contributed by atoms with Gasteiger partial charge in [-0.1, -0.05) is 107 Å². The Bertz CT molecular complexity index is 913. The minimum atomic E-state index is -2.21. The zero-order valence-corrected chi connectivity index (χ0v) is 37.4. The molecule has 2 unspecified atom stereocenters. The van der Waals surface area contributed by atoms with Crippen molar-refractivity contribution in [3.8, 4) is 0 Å². The Hall–Kier alpha value is -1.42. The van der Waals surface area contributed by atoms with E-state index in [0.717, 1.165) is 51.4 Å². The van der Waals surface area contributed by atoms with Gasteiger partial charge in [0.05, 0.1) is 52.9 Å². The predicted octanol–water partition coefficient (Wildman–Crippen LogP) is 9.88. The molecule has 0 bridgehead atoms. The summed E-state index contributed by atoms with van der Waals surface area (Å²) in [6, 6.07) is -1.65. The van der Waals surface area contributed by atoms with Crippen LogP contribution in [-0.2, 0) is 47.5 Å². The van der Waals surface area contributed by atoms with Gasteiger partial charge in [0.25, 0.3) is 11.8 Å². The van der Waals surface area contributed by atoms with Crippen LogP contribution in [0.2, 0.25) is 0 Å². The average Bonchev–Trinajstić information content (AvgIpc) is 3.18. The minimum absolute atomic E-state index is 0.0961. The summed E-state index contributed by atoms with van der Waals surface area (Å²) in [6.07, 6.45) is 12.2. The lowest BCUT2D eigenvalue weighted by molar-refractivity contribution is -0.541. The summed E-state index contributed by atoms with van der Waals surface area (Å²) >= 11 is 0. The molecular weight excluding hydrogens is 722 g/mol. The van der Waals surface area contributed by atoms with Crippen LogP contribution in [-0.4, -0.2) is 109 Å². The Morgan fingerprint density at radius 1 is 0.446 bits per heavy atom. The first-order valence-electron chi connectivity index (χ1n) is 22.2. The van der Waals surface area contributed by atoms with Crippen LogP contribution in [0, 0.1) is 0 Å². The molecule has 13 heteroatoms. The van der Waals surface area contributed by atoms with Gasteiger partial charge in [-0.3, -0.25) is 9.59 Å². The quantitative estimate of drug-likeness (QED) is 0.0446. The van der Waals surface area contributed by atoms with Crippen molar-refractivity contribution < 1.29 is 57.7 Å². The van der Waals surface area contributed by atoms with Gasteiger partial charge in [0.15, 0.2) is 0 Å². The van der Waals surface area contributed by atoms with Crippen LogP contribution in [0.3, 0.4) is 0 Å². The molecule has 0 saturated heterocycles. The van der Waals surface area contributed by atoms with E-state index in [4.69, 9.17) is 37.9 Å². The molecule has 0 aliphatic rings. The zero-order chi connectivity index (χ0) is 42.4. The van der Waals surface area contributed by atoms with Gasteiger partial charge in [0.2, 0.25) is 11.6 Å². The van der Waals surface area contributed by atoms with Crippen molar-refractivity contribution in [1.82, 2.24) is 4.90 Å². The second-order valence-corrected chi connectivity index (χ2v) is 14.8. The van der Waals surface area contributed by atoms with E-state index in [1.807, 2.05) is 41.5 Å². The van der Waals surface area contributed by atoms with Crippen LogP contribution in [0.25, 0.3) is 0 Å². The van der Waals surface area contributed by atoms with E-state index in [9.17, 15) is 19.8 Å². The fourth-order valence-corrected chi connectivity index (χ4v) is 6.50. The van der Waals surface area contributed by atoms with E-state index >= 15 is 0 Å². The van der Waals surface area contributed by atoms with Crippen molar-refractivity contribution in [3.05, 3.63) is 0 Å². The van der Waals surface area contributed by atoms with Gasteiger partial charge in [-0.15, -0.1) is 0 Å². The first-order valence-corrected chi connectivity index (χ1v) is 22.2. The number of rotatable bonds is 41. The summed E-state index contributed by atoms with van der Waals surface area (Å²) in [5.41, 5.74) is 0. The summed E-state index contributed by atoms with van der Waals surface area (Å²) in [5.74, 6) is -10.5. The van der Waals surface area contributed by atoms with Crippen molar-refractivity contribution in [3.63, 3.8) is 0 Å². The highest BCUT2D eigenvalue weighted by Crippen LogP contribution is 2.49. The van der Waals surface area contributed by atoms with E-state index in [1.165, 1.54) is 4.90 Å². The Labute approximate surface area is 341 Å². The molecule has 0 radical (unpaired) electrons. The van der Waals surface area contributed by atoms with Crippen LogP contribution >= 0.6 is 0 Å². The predicted molar refractivity (Wildman–Crippen MR) is 219 cm³/mol. The molecule has 0 aliphatic carbocycles. The molecule has 0 spiro atoms. The third-order valence-electron chi connectivity index (χ3n) is 9.43. The lowest BCUT2D eigenvalue weighted by Crippen LogP contribution is -2.82. The van der Waals surface area contributed by atoms with E-state index in [-0.39, 0.29) is 59.3 Å². The van der Waals surface area contributed by atoms with Gasteiger partial charge in [-0.05, 0) is 71.6 Å². The first-order chi connectivity index (χ1) is 26.9. The van der Waals surface area contributed by atoms with Crippen LogP contribution in [0.4, 0.5) is 0 Å². The highest BCUT2D eigenvalue weighted by atomic mass is 16.8. The largest absolute Gasteiger partial charge is 0.481 e. The number of aliphatic carboxylic acids is 2. The highest BCUT2D eigenvalue weighted by molar-refractivity contribution is 5.75. The molecule has 0 aromatic carbocycles. The summed E-state index contributed by atoms with van der Waals surface area (Å²) in [4.78, 5) is 27.6. The molecule has 0 amide bonds. The maximum atomic E-state index is 13.9. The Morgan fingerprint density at radius 2 is 0.750 bits per heavy atom. The Kier molecular flexibility index (Phi) is 30.7. The lowest BCUT2D eigenvalue weighted by Gasteiger charge is -2.61. The van der Waals surface area contributed by atoms with Gasteiger partial charge in [-0.25, -0.2) is 0 Å². The molecule has 0 aromatic rings. The smallest absolute Gasteiger partial charge is 0.321 e. The van der Waals surface area contributed by atoms with Gasteiger partial charge in [0, 0.05) is 6.42 Å². The normalized spacial score (nSPS) is 15.2. The molecule has 0 heterocycles. The summed E-state index contributed by atoms with van der Waals surface area (Å²) in [7, 11) is 0. The zero-order valence-electron chi connectivity index (χ0n) is 37.4. The number of hydrogen-bond donors (Lipinski definition) is 2. The molecule has 2 N–H and O–H groups in total. The van der Waals surface area contributed by atoms with Crippen LogP contribution in [0.15, 0.2) is 0 Å². The van der Waals surface area contributed by atoms with Crippen LogP contribution in [0.5, 0.6) is 0 Å². The Balaban J connectivity index is 8.64. The van der Waals surface area contributed by atoms with Crippen molar-refractivity contribution in [2.75, 3.05) is 52.9 Å². The topological polar surface area (TPSA) is 152 Å². The standard InChI is InChI=1S/C43H85NO12/c1-11-19-21-23-25-35-51-40(9,49-29-13-3)42(53-31-15-5,54-32-16-6)44(37(39(47)48)27-28-38(45)46)43(55-33-17-7,56-34-18-8)41(10,50-30-14-4)52-36-26-24-22-20-12-2/h37H,11-36H2,1-10H3,(H,45,46)(H,47,48)/t37-,40?,41?/m0/s1. The molecule has 334 valence electrons. The third kappa shape index (κ3) is 17.4. The maximum absolute atomic E-state index is 13.9. The second-order valence-electron chi connectivity index (χ2n) is 14.8. The molecule has 0 rings (SSSR count). The van der Waals surface area contributed by atoms with Crippen LogP contribution < -0.4 is 0 Å². The van der Waals surface area contributed by atoms with E-state index < -0.39 is 47.8 Å². The first kappa shape index (κ1) is 54.6. The number of carboxylic acids is 2. The van der Waals surface area contributed by atoms with Gasteiger partial charge >= 0.3 is 11.9 Å². The maximum Gasteiger partial charge on any atom is 0.321 e. The van der Waals surface area contributed by atoms with E-state index in [1.54, 1.807) is 13.8 Å².